The molecule has 0 atom stereocenters. The highest BCUT2D eigenvalue weighted by Crippen LogP contribution is 2.30. The third-order valence-corrected chi connectivity index (χ3v) is 3.44. The van der Waals surface area contributed by atoms with E-state index in [1.54, 1.807) is 0 Å². The van der Waals surface area contributed by atoms with E-state index in [-0.39, 0.29) is 5.91 Å². The number of rotatable bonds is 4. The molecule has 0 spiro atoms. The molecule has 0 aliphatic carbocycles. The molecule has 19 heavy (non-hydrogen) atoms. The average molecular weight is 262 g/mol. The van der Waals surface area contributed by atoms with Crippen molar-refractivity contribution < 1.29 is 14.3 Å². The van der Waals surface area contributed by atoms with Crippen LogP contribution in [0, 0.1) is 5.92 Å². The summed E-state index contributed by atoms with van der Waals surface area (Å²) in [6.07, 6.45) is 0.609. The zero-order valence-electron chi connectivity index (χ0n) is 10.8. The Balaban J connectivity index is 1.53. The molecule has 2 aliphatic heterocycles. The van der Waals surface area contributed by atoms with Crippen LogP contribution in [0.5, 0.6) is 11.5 Å². The summed E-state index contributed by atoms with van der Waals surface area (Å²) in [5, 5.41) is 6.11. The summed E-state index contributed by atoms with van der Waals surface area (Å²) in [7, 11) is 0. The van der Waals surface area contributed by atoms with Crippen molar-refractivity contribution in [2.24, 2.45) is 5.92 Å². The Bertz CT molecular complexity index is 472. The van der Waals surface area contributed by atoms with Crippen molar-refractivity contribution in [3.63, 3.8) is 0 Å². The molecule has 1 saturated heterocycles. The lowest BCUT2D eigenvalue weighted by Gasteiger charge is -2.26. The molecular weight excluding hydrogens is 244 g/mol. The minimum atomic E-state index is 0.112. The van der Waals surface area contributed by atoms with E-state index >= 15 is 0 Å². The predicted molar refractivity (Wildman–Crippen MR) is 70.3 cm³/mol. The van der Waals surface area contributed by atoms with E-state index in [4.69, 9.17) is 9.47 Å². The molecule has 1 amide bonds. The maximum atomic E-state index is 11.7. The van der Waals surface area contributed by atoms with E-state index in [0.717, 1.165) is 30.2 Å². The van der Waals surface area contributed by atoms with Crippen molar-refractivity contribution in [3.8, 4) is 11.5 Å². The van der Waals surface area contributed by atoms with Gasteiger partial charge in [0, 0.05) is 13.0 Å². The second-order valence-electron chi connectivity index (χ2n) is 4.98. The number of nitrogens with one attached hydrogen (secondary N) is 2. The number of hydrogen-bond donors (Lipinski definition) is 2. The van der Waals surface area contributed by atoms with Gasteiger partial charge in [0.05, 0.1) is 0 Å². The Morgan fingerprint density at radius 2 is 2.05 bits per heavy atom. The summed E-state index contributed by atoms with van der Waals surface area (Å²) in [4.78, 5) is 11.7. The smallest absolute Gasteiger partial charge is 0.220 e. The van der Waals surface area contributed by atoms with Gasteiger partial charge in [0.2, 0.25) is 5.91 Å². The third-order valence-electron chi connectivity index (χ3n) is 3.44. The molecule has 1 aromatic rings. The van der Waals surface area contributed by atoms with Gasteiger partial charge in [0.15, 0.2) is 11.5 Å². The summed E-state index contributed by atoms with van der Waals surface area (Å²) in [5.41, 5.74) is 1.03. The fourth-order valence-corrected chi connectivity index (χ4v) is 2.23. The van der Waals surface area contributed by atoms with Crippen LogP contribution in [0.4, 0.5) is 0 Å². The van der Waals surface area contributed by atoms with Crippen molar-refractivity contribution in [2.45, 2.75) is 13.0 Å². The van der Waals surface area contributed by atoms with Gasteiger partial charge in [-0.05, 0) is 36.7 Å². The number of benzene rings is 1. The molecule has 0 saturated carbocycles. The normalized spacial score (nSPS) is 17.7. The van der Waals surface area contributed by atoms with Crippen LogP contribution in [-0.2, 0) is 11.3 Å². The molecule has 2 N–H and O–H groups in total. The summed E-state index contributed by atoms with van der Waals surface area (Å²) >= 11 is 0. The standard InChI is InChI=1S/C14H18N2O3/c17-14(6-11-7-15-8-11)16-9-10-1-2-12-13(5-10)19-4-3-18-12/h1-2,5,11,15H,3-4,6-9H2,(H,16,17). The number of carbonyl (C=O) groups excluding carboxylic acids is 1. The summed E-state index contributed by atoms with van der Waals surface area (Å²) in [6.45, 7) is 3.63. The zero-order chi connectivity index (χ0) is 13.1. The number of ether oxygens (including phenoxy) is 2. The fraction of sp³-hybridized carbons (Fsp3) is 0.500. The molecule has 2 heterocycles. The van der Waals surface area contributed by atoms with Gasteiger partial charge >= 0.3 is 0 Å². The SMILES string of the molecule is O=C(CC1CNC1)NCc1ccc2c(c1)OCCO2. The molecule has 5 nitrogen and oxygen atoms in total. The minimum Gasteiger partial charge on any atom is -0.486 e. The number of carbonyl (C=O) groups is 1. The molecule has 1 fully saturated rings. The largest absolute Gasteiger partial charge is 0.486 e. The first kappa shape index (κ1) is 12.3. The van der Waals surface area contributed by atoms with Crippen molar-refractivity contribution in [1.82, 2.24) is 10.6 Å². The van der Waals surface area contributed by atoms with Crippen LogP contribution in [-0.4, -0.2) is 32.2 Å². The molecular formula is C14H18N2O3. The molecule has 5 heteroatoms. The zero-order valence-corrected chi connectivity index (χ0v) is 10.8. The van der Waals surface area contributed by atoms with Crippen molar-refractivity contribution in [2.75, 3.05) is 26.3 Å². The van der Waals surface area contributed by atoms with Gasteiger partial charge in [0.1, 0.15) is 13.2 Å². The highest BCUT2D eigenvalue weighted by molar-refractivity contribution is 5.76. The van der Waals surface area contributed by atoms with Crippen LogP contribution < -0.4 is 20.1 Å². The van der Waals surface area contributed by atoms with Crippen LogP contribution >= 0.6 is 0 Å². The first-order chi connectivity index (χ1) is 9.31. The topological polar surface area (TPSA) is 59.6 Å². The van der Waals surface area contributed by atoms with Gasteiger partial charge < -0.3 is 20.1 Å². The third kappa shape index (κ3) is 2.98. The Hall–Kier alpha value is -1.75. The minimum absolute atomic E-state index is 0.112. The lowest BCUT2D eigenvalue weighted by molar-refractivity contribution is -0.122. The van der Waals surface area contributed by atoms with Crippen LogP contribution in [0.25, 0.3) is 0 Å². The van der Waals surface area contributed by atoms with E-state index in [1.165, 1.54) is 0 Å². The van der Waals surface area contributed by atoms with Gasteiger partial charge in [-0.3, -0.25) is 4.79 Å². The summed E-state index contributed by atoms with van der Waals surface area (Å²) in [5.74, 6) is 2.16. The first-order valence-electron chi connectivity index (χ1n) is 6.67. The Morgan fingerprint density at radius 1 is 1.26 bits per heavy atom. The van der Waals surface area contributed by atoms with Gasteiger partial charge in [0.25, 0.3) is 0 Å². The van der Waals surface area contributed by atoms with E-state index in [2.05, 4.69) is 10.6 Å². The van der Waals surface area contributed by atoms with Crippen molar-refractivity contribution in [3.05, 3.63) is 23.8 Å². The van der Waals surface area contributed by atoms with Gasteiger partial charge in [-0.1, -0.05) is 6.07 Å². The molecule has 102 valence electrons. The van der Waals surface area contributed by atoms with E-state index in [0.29, 0.717) is 32.1 Å². The Labute approximate surface area is 112 Å². The quantitative estimate of drug-likeness (QED) is 0.838. The van der Waals surface area contributed by atoms with Gasteiger partial charge in [-0.2, -0.15) is 0 Å². The molecule has 0 radical (unpaired) electrons. The fourth-order valence-electron chi connectivity index (χ4n) is 2.23. The molecule has 2 aliphatic rings. The monoisotopic (exact) mass is 262 g/mol. The first-order valence-corrected chi connectivity index (χ1v) is 6.67. The second-order valence-corrected chi connectivity index (χ2v) is 4.98. The number of amides is 1. The molecule has 0 bridgehead atoms. The van der Waals surface area contributed by atoms with Gasteiger partial charge in [-0.25, -0.2) is 0 Å². The lowest BCUT2D eigenvalue weighted by atomic mass is 9.99. The van der Waals surface area contributed by atoms with Gasteiger partial charge in [-0.15, -0.1) is 0 Å². The lowest BCUT2D eigenvalue weighted by Crippen LogP contribution is -2.44. The van der Waals surface area contributed by atoms with E-state index in [9.17, 15) is 4.79 Å². The molecule has 3 rings (SSSR count). The highest BCUT2D eigenvalue weighted by Gasteiger charge is 2.20. The maximum absolute atomic E-state index is 11.7. The number of fused-ring (bicyclic) bond motifs is 1. The predicted octanol–water partition coefficient (Wildman–Crippen LogP) is 0.683. The van der Waals surface area contributed by atoms with Crippen LogP contribution in [0.2, 0.25) is 0 Å². The molecule has 0 unspecified atom stereocenters. The van der Waals surface area contributed by atoms with Crippen LogP contribution in [0.3, 0.4) is 0 Å². The van der Waals surface area contributed by atoms with Crippen molar-refractivity contribution >= 4 is 5.91 Å². The van der Waals surface area contributed by atoms with E-state index in [1.807, 2.05) is 18.2 Å². The molecule has 0 aromatic heterocycles. The van der Waals surface area contributed by atoms with Crippen molar-refractivity contribution in [1.29, 1.82) is 0 Å². The average Bonchev–Trinajstić information content (AvgIpc) is 2.40. The molecule has 1 aromatic carbocycles. The maximum Gasteiger partial charge on any atom is 0.220 e. The van der Waals surface area contributed by atoms with E-state index < -0.39 is 0 Å². The Kier molecular flexibility index (Phi) is 3.55. The highest BCUT2D eigenvalue weighted by atomic mass is 16.6. The summed E-state index contributed by atoms with van der Waals surface area (Å²) in [6, 6.07) is 5.78. The number of hydrogen-bond acceptors (Lipinski definition) is 4. The van der Waals surface area contributed by atoms with Crippen LogP contribution in [0.15, 0.2) is 18.2 Å². The Morgan fingerprint density at radius 3 is 2.79 bits per heavy atom. The van der Waals surface area contributed by atoms with Crippen LogP contribution in [0.1, 0.15) is 12.0 Å². The summed E-state index contributed by atoms with van der Waals surface area (Å²) < 4.78 is 11.0. The second kappa shape index (κ2) is 5.48.